The topological polar surface area (TPSA) is 73.0 Å². The van der Waals surface area contributed by atoms with Crippen LogP contribution in [-0.2, 0) is 9.59 Å². The van der Waals surface area contributed by atoms with Crippen molar-refractivity contribution in [3.05, 3.63) is 0 Å². The van der Waals surface area contributed by atoms with Gasteiger partial charge in [0.05, 0.1) is 6.54 Å². The molecule has 2 heterocycles. The average molecular weight is 336 g/mol. The Morgan fingerprint density at radius 2 is 1.88 bits per heavy atom. The van der Waals surface area contributed by atoms with Crippen molar-refractivity contribution in [2.75, 3.05) is 33.7 Å². The molecule has 134 valence electrons. The third-order valence-electron chi connectivity index (χ3n) is 6.16. The predicted molar refractivity (Wildman–Crippen MR) is 89.0 cm³/mol. The summed E-state index contributed by atoms with van der Waals surface area (Å²) in [5, 5.41) is 1.87. The van der Waals surface area contributed by atoms with Gasteiger partial charge in [-0.05, 0) is 25.7 Å². The van der Waals surface area contributed by atoms with Crippen LogP contribution in [-0.4, -0.2) is 71.8 Å². The van der Waals surface area contributed by atoms with Crippen LogP contribution in [0.15, 0.2) is 0 Å². The van der Waals surface area contributed by atoms with E-state index >= 15 is 0 Å². The van der Waals surface area contributed by atoms with Gasteiger partial charge in [-0.1, -0.05) is 19.3 Å². The van der Waals surface area contributed by atoms with E-state index in [1.807, 2.05) is 19.0 Å². The van der Waals surface area contributed by atoms with Gasteiger partial charge >= 0.3 is 6.03 Å². The number of amides is 3. The number of ketones is 1. The molecule has 0 aromatic heterocycles. The maximum atomic E-state index is 13.0. The second kappa shape index (κ2) is 6.44. The third-order valence-corrected chi connectivity index (χ3v) is 6.16. The van der Waals surface area contributed by atoms with Gasteiger partial charge in [0.2, 0.25) is 0 Å². The second-order valence-corrected chi connectivity index (χ2v) is 7.62. The van der Waals surface area contributed by atoms with E-state index in [1.165, 1.54) is 11.3 Å². The summed E-state index contributed by atoms with van der Waals surface area (Å²) in [5.74, 6) is -0.223. The van der Waals surface area contributed by atoms with Crippen molar-refractivity contribution < 1.29 is 14.4 Å². The van der Waals surface area contributed by atoms with Gasteiger partial charge in [0.1, 0.15) is 5.54 Å². The van der Waals surface area contributed by atoms with Crippen LogP contribution in [0.4, 0.5) is 4.79 Å². The van der Waals surface area contributed by atoms with Crippen LogP contribution in [0.25, 0.3) is 0 Å². The minimum atomic E-state index is -0.803. The first-order valence-electron chi connectivity index (χ1n) is 8.92. The fourth-order valence-corrected chi connectivity index (χ4v) is 4.36. The lowest BCUT2D eigenvalue weighted by atomic mass is 9.75. The second-order valence-electron chi connectivity index (χ2n) is 7.62. The quantitative estimate of drug-likeness (QED) is 0.771. The molecule has 1 N–H and O–H groups in total. The van der Waals surface area contributed by atoms with Gasteiger partial charge in [-0.25, -0.2) is 9.80 Å². The number of rotatable bonds is 4. The van der Waals surface area contributed by atoms with E-state index in [-0.39, 0.29) is 36.1 Å². The summed E-state index contributed by atoms with van der Waals surface area (Å²) >= 11 is 0. The predicted octanol–water partition coefficient (Wildman–Crippen LogP) is 0.855. The zero-order chi connectivity index (χ0) is 17.5. The molecule has 3 aliphatic rings. The number of hydrogen-bond acceptors (Lipinski definition) is 5. The fraction of sp³-hybridized carbons (Fsp3) is 0.824. The van der Waals surface area contributed by atoms with Gasteiger partial charge in [-0.2, -0.15) is 0 Å². The normalized spacial score (nSPS) is 32.9. The van der Waals surface area contributed by atoms with E-state index < -0.39 is 5.54 Å². The van der Waals surface area contributed by atoms with Crippen LogP contribution >= 0.6 is 0 Å². The van der Waals surface area contributed by atoms with Crippen molar-refractivity contribution in [1.82, 2.24) is 20.2 Å². The van der Waals surface area contributed by atoms with Crippen LogP contribution in [0.5, 0.6) is 0 Å². The Balaban J connectivity index is 1.74. The number of nitrogens with one attached hydrogen (secondary N) is 1. The number of hydrogen-bond donors (Lipinski definition) is 1. The van der Waals surface area contributed by atoms with Gasteiger partial charge < -0.3 is 4.90 Å². The highest BCUT2D eigenvalue weighted by Crippen LogP contribution is 2.40. The summed E-state index contributed by atoms with van der Waals surface area (Å²) in [6, 6.07) is -0.333. The van der Waals surface area contributed by atoms with Crippen molar-refractivity contribution >= 4 is 17.7 Å². The Hall–Kier alpha value is -1.47. The van der Waals surface area contributed by atoms with E-state index in [4.69, 9.17) is 0 Å². The summed E-state index contributed by atoms with van der Waals surface area (Å²) in [7, 11) is 3.58. The molecule has 2 aliphatic heterocycles. The maximum Gasteiger partial charge on any atom is 0.327 e. The molecule has 7 heteroatoms. The summed E-state index contributed by atoms with van der Waals surface area (Å²) in [4.78, 5) is 40.9. The van der Waals surface area contributed by atoms with Crippen molar-refractivity contribution in [3.8, 4) is 0 Å². The summed E-state index contributed by atoms with van der Waals surface area (Å²) in [5.41, 5.74) is 2.29. The van der Waals surface area contributed by atoms with Gasteiger partial charge in [0.25, 0.3) is 5.91 Å². The fourth-order valence-electron chi connectivity index (χ4n) is 4.36. The number of Topliss-reactive ketones (excluding diaryl/α,β-unsaturated/α-hetero) is 1. The lowest BCUT2D eigenvalue weighted by Gasteiger charge is -2.38. The number of nitrogens with zero attached hydrogens (tertiary/aromatic N) is 3. The Morgan fingerprint density at radius 1 is 1.21 bits per heavy atom. The minimum Gasteiger partial charge on any atom is -0.313 e. The SMILES string of the molecule is CN1CC(C(=O)CN2C(=O)N(C)C(C)(C3CCCCC3)C2=O)CN1. The highest BCUT2D eigenvalue weighted by molar-refractivity contribution is 6.09. The highest BCUT2D eigenvalue weighted by atomic mass is 16.2. The molecule has 1 saturated carbocycles. The van der Waals surface area contributed by atoms with Crippen LogP contribution in [0, 0.1) is 11.8 Å². The van der Waals surface area contributed by atoms with Gasteiger partial charge in [0.15, 0.2) is 5.78 Å². The Labute approximate surface area is 143 Å². The number of carbonyl (C=O) groups excluding carboxylic acids is 3. The average Bonchev–Trinajstić information content (AvgIpc) is 3.09. The lowest BCUT2D eigenvalue weighted by molar-refractivity contribution is -0.138. The number of urea groups is 1. The molecule has 2 saturated heterocycles. The summed E-state index contributed by atoms with van der Waals surface area (Å²) in [6.45, 7) is 2.95. The minimum absolute atomic E-state index is 0.0464. The van der Waals surface area contributed by atoms with Crippen LogP contribution in [0.2, 0.25) is 0 Å². The molecule has 0 aromatic rings. The zero-order valence-corrected chi connectivity index (χ0v) is 14.9. The van der Waals surface area contributed by atoms with Gasteiger partial charge in [-0.15, -0.1) is 0 Å². The van der Waals surface area contributed by atoms with Crippen molar-refractivity contribution in [1.29, 1.82) is 0 Å². The molecule has 0 radical (unpaired) electrons. The van der Waals surface area contributed by atoms with Crippen LogP contribution in [0.1, 0.15) is 39.0 Å². The monoisotopic (exact) mass is 336 g/mol. The van der Waals surface area contributed by atoms with Gasteiger partial charge in [0, 0.05) is 33.1 Å². The highest BCUT2D eigenvalue weighted by Gasteiger charge is 2.56. The van der Waals surface area contributed by atoms with E-state index in [9.17, 15) is 14.4 Å². The maximum absolute atomic E-state index is 13.0. The zero-order valence-electron chi connectivity index (χ0n) is 14.9. The Morgan fingerprint density at radius 3 is 2.46 bits per heavy atom. The standard InChI is InChI=1S/C17H28N4O3/c1-17(13-7-5-4-6-8-13)15(23)21(16(24)20(17)3)11-14(22)12-9-18-19(2)10-12/h12-13,18H,4-11H2,1-3H3. The molecule has 3 rings (SSSR count). The molecule has 2 unspecified atom stereocenters. The van der Waals surface area contributed by atoms with Crippen molar-refractivity contribution in [3.63, 3.8) is 0 Å². The molecule has 0 spiro atoms. The Kier molecular flexibility index (Phi) is 4.66. The molecule has 2 atom stereocenters. The smallest absolute Gasteiger partial charge is 0.313 e. The molecule has 24 heavy (non-hydrogen) atoms. The first-order valence-corrected chi connectivity index (χ1v) is 8.92. The third kappa shape index (κ3) is 2.73. The first-order chi connectivity index (χ1) is 11.4. The summed E-state index contributed by atoms with van der Waals surface area (Å²) in [6.07, 6.45) is 5.35. The number of likely N-dealkylation sites (N-methyl/N-ethyl adjacent to an activating group) is 1. The van der Waals surface area contributed by atoms with E-state index in [2.05, 4.69) is 5.43 Å². The summed E-state index contributed by atoms with van der Waals surface area (Å²) < 4.78 is 0. The molecule has 0 aromatic carbocycles. The molecule has 3 fully saturated rings. The molecule has 7 nitrogen and oxygen atoms in total. The lowest BCUT2D eigenvalue weighted by Crippen LogP contribution is -2.52. The molecule has 0 bridgehead atoms. The Bertz CT molecular complexity index is 546. The molecule has 1 aliphatic carbocycles. The number of hydrazine groups is 1. The van der Waals surface area contributed by atoms with E-state index in [0.717, 1.165) is 25.7 Å². The first kappa shape index (κ1) is 17.4. The number of carbonyl (C=O) groups is 3. The van der Waals surface area contributed by atoms with Crippen molar-refractivity contribution in [2.45, 2.75) is 44.6 Å². The molecular weight excluding hydrogens is 308 g/mol. The van der Waals surface area contributed by atoms with E-state index in [0.29, 0.717) is 13.1 Å². The van der Waals surface area contributed by atoms with Crippen LogP contribution < -0.4 is 5.43 Å². The van der Waals surface area contributed by atoms with Gasteiger partial charge in [-0.3, -0.25) is 19.9 Å². The van der Waals surface area contributed by atoms with Crippen molar-refractivity contribution in [2.24, 2.45) is 11.8 Å². The van der Waals surface area contributed by atoms with Crippen LogP contribution in [0.3, 0.4) is 0 Å². The molecular formula is C17H28N4O3. The largest absolute Gasteiger partial charge is 0.327 e. The van der Waals surface area contributed by atoms with E-state index in [1.54, 1.807) is 11.9 Å². The number of imide groups is 1. The molecule has 3 amide bonds.